The molecule has 0 aliphatic heterocycles. The van der Waals surface area contributed by atoms with Crippen molar-refractivity contribution in [1.29, 1.82) is 0 Å². The molecule has 4 N–H and O–H groups in total. The van der Waals surface area contributed by atoms with E-state index in [1.165, 1.54) is 115 Å². The Hall–Kier alpha value is -2.74. The minimum Gasteiger partial charge on any atom is -0.454 e. The molecule has 7 nitrogen and oxygen atoms in total. The van der Waals surface area contributed by atoms with E-state index in [1.54, 1.807) is 12.2 Å². The van der Waals surface area contributed by atoms with Gasteiger partial charge < -0.3 is 25.4 Å². The van der Waals surface area contributed by atoms with E-state index in [1.807, 2.05) is 36.5 Å². The van der Waals surface area contributed by atoms with Crippen LogP contribution in [0.2, 0.25) is 0 Å². The average Bonchev–Trinajstić information content (AvgIpc) is 3.09. The zero-order valence-corrected chi connectivity index (χ0v) is 30.5. The first kappa shape index (κ1) is 47.4. The Morgan fingerprint density at radius 2 is 0.979 bits per heavy atom. The Morgan fingerprint density at radius 3 is 1.44 bits per heavy atom. The highest BCUT2D eigenvalue weighted by atomic mass is 16.6. The van der Waals surface area contributed by atoms with Crippen LogP contribution in [-0.4, -0.2) is 59.7 Å². The number of rotatable bonds is 31. The normalized spacial score (nSPS) is 12.0. The van der Waals surface area contributed by atoms with E-state index >= 15 is 0 Å². The molecule has 0 bridgehead atoms. The van der Waals surface area contributed by atoms with Crippen molar-refractivity contribution in [1.82, 2.24) is 5.32 Å². The third-order valence-electron chi connectivity index (χ3n) is 7.47. The molecule has 0 unspecified atom stereocenters. The van der Waals surface area contributed by atoms with E-state index in [0.29, 0.717) is 13.0 Å². The van der Waals surface area contributed by atoms with Gasteiger partial charge in [0.05, 0.1) is 19.8 Å². The van der Waals surface area contributed by atoms with Crippen molar-refractivity contribution < 1.29 is 29.6 Å². The largest absolute Gasteiger partial charge is 0.454 e. The molecule has 0 aromatic rings. The van der Waals surface area contributed by atoms with Crippen LogP contribution in [-0.2, 0) is 14.3 Å². The summed E-state index contributed by atoms with van der Waals surface area (Å²) in [5.41, 5.74) is 0. The van der Waals surface area contributed by atoms with Crippen LogP contribution in [0.3, 0.4) is 0 Å². The van der Waals surface area contributed by atoms with Gasteiger partial charge in [-0.05, 0) is 19.3 Å². The third kappa shape index (κ3) is 41.3. The van der Waals surface area contributed by atoms with Gasteiger partial charge in [0.15, 0.2) is 0 Å². The third-order valence-corrected chi connectivity index (χ3v) is 7.47. The van der Waals surface area contributed by atoms with Crippen LogP contribution in [0.1, 0.15) is 142 Å². The fourth-order valence-corrected chi connectivity index (χ4v) is 4.61. The lowest BCUT2D eigenvalue weighted by Gasteiger charge is -2.09. The van der Waals surface area contributed by atoms with Gasteiger partial charge in [0, 0.05) is 19.0 Å². The van der Waals surface area contributed by atoms with E-state index in [4.69, 9.17) is 20.1 Å². The standard InChI is InChI=1S/C23H34O4.C18H37NO2/c1-2-3-4-5-6-7-8-9-10-11-12-13-14-15-16-17-18-19-23(26)27-22(20-24)21-25;1-2-3-4-5-6-7-8-9-10-11-12-13-14-15-18(21)19-16-17-20/h8-19,22,24-25H,2-7,20-21H2,1H3;20H,2-17H2,1H3,(H,19,21). The molecule has 0 spiro atoms. The molecule has 0 fully saturated rings. The van der Waals surface area contributed by atoms with Crippen LogP contribution in [0.25, 0.3) is 0 Å². The topological polar surface area (TPSA) is 116 Å². The predicted octanol–water partition coefficient (Wildman–Crippen LogP) is 9.16. The van der Waals surface area contributed by atoms with E-state index in [2.05, 4.69) is 31.3 Å². The van der Waals surface area contributed by atoms with E-state index in [0.717, 1.165) is 19.3 Å². The van der Waals surface area contributed by atoms with Gasteiger partial charge in [-0.25, -0.2) is 4.79 Å². The van der Waals surface area contributed by atoms with Gasteiger partial charge >= 0.3 is 5.97 Å². The lowest BCUT2D eigenvalue weighted by molar-refractivity contribution is -0.147. The lowest BCUT2D eigenvalue weighted by atomic mass is 10.0. The first-order valence-electron chi connectivity index (χ1n) is 18.8. The molecule has 276 valence electrons. The highest BCUT2D eigenvalue weighted by Gasteiger charge is 2.09. The summed E-state index contributed by atoms with van der Waals surface area (Å²) >= 11 is 0. The zero-order valence-electron chi connectivity index (χ0n) is 30.5. The van der Waals surface area contributed by atoms with Gasteiger partial charge in [0.2, 0.25) is 5.91 Å². The number of aliphatic hydroxyl groups is 3. The highest BCUT2D eigenvalue weighted by Crippen LogP contribution is 2.13. The van der Waals surface area contributed by atoms with Crippen LogP contribution in [0.5, 0.6) is 0 Å². The molecule has 0 aromatic heterocycles. The van der Waals surface area contributed by atoms with E-state index in [9.17, 15) is 9.59 Å². The molecule has 0 atom stereocenters. The van der Waals surface area contributed by atoms with Gasteiger partial charge in [0.25, 0.3) is 0 Å². The Morgan fingerprint density at radius 1 is 0.562 bits per heavy atom. The average molecular weight is 674 g/mol. The van der Waals surface area contributed by atoms with E-state index in [-0.39, 0.29) is 12.5 Å². The smallest absolute Gasteiger partial charge is 0.331 e. The summed E-state index contributed by atoms with van der Waals surface area (Å²) in [6.45, 7) is 4.12. The van der Waals surface area contributed by atoms with Crippen molar-refractivity contribution in [3.05, 3.63) is 72.9 Å². The predicted molar refractivity (Wildman–Crippen MR) is 203 cm³/mol. The second-order valence-corrected chi connectivity index (χ2v) is 12.0. The molecule has 0 saturated carbocycles. The monoisotopic (exact) mass is 674 g/mol. The maximum Gasteiger partial charge on any atom is 0.331 e. The molecule has 0 saturated heterocycles. The second-order valence-electron chi connectivity index (χ2n) is 12.0. The molecule has 0 aliphatic rings. The number of nitrogens with one attached hydrogen (secondary N) is 1. The van der Waals surface area contributed by atoms with Crippen LogP contribution < -0.4 is 5.32 Å². The number of carbonyl (C=O) groups is 2. The quantitative estimate of drug-likeness (QED) is 0.0252. The van der Waals surface area contributed by atoms with Crippen molar-refractivity contribution in [3.63, 3.8) is 0 Å². The maximum atomic E-state index is 11.3. The SMILES string of the molecule is CCCCCCCC=CC=CC=CC=CC=CC=CC(=O)OC(CO)CO.CCCCCCCCCCCCCCCC(=O)NCCO. The zero-order chi connectivity index (χ0) is 35.6. The molecule has 0 aromatic carbocycles. The molecule has 0 heterocycles. The van der Waals surface area contributed by atoms with Gasteiger partial charge in [-0.1, -0.05) is 183 Å². The van der Waals surface area contributed by atoms with Crippen molar-refractivity contribution >= 4 is 11.9 Å². The summed E-state index contributed by atoms with van der Waals surface area (Å²) in [6.07, 6.45) is 46.8. The Balaban J connectivity index is 0. The number of hydrogen-bond acceptors (Lipinski definition) is 6. The first-order valence-corrected chi connectivity index (χ1v) is 18.8. The van der Waals surface area contributed by atoms with Crippen molar-refractivity contribution in [2.45, 2.75) is 148 Å². The van der Waals surface area contributed by atoms with Gasteiger partial charge in [-0.2, -0.15) is 0 Å². The second kappa shape index (κ2) is 42.3. The fraction of sp³-hybridized carbons (Fsp3) is 0.659. The molecular formula is C41H71NO6. The lowest BCUT2D eigenvalue weighted by Crippen LogP contribution is -2.25. The van der Waals surface area contributed by atoms with Crippen LogP contribution in [0.15, 0.2) is 72.9 Å². The number of hydrogen-bond donors (Lipinski definition) is 4. The molecular weight excluding hydrogens is 602 g/mol. The number of aliphatic hydroxyl groups excluding tert-OH is 3. The highest BCUT2D eigenvalue weighted by molar-refractivity contribution is 5.82. The van der Waals surface area contributed by atoms with Crippen LogP contribution in [0.4, 0.5) is 0 Å². The summed E-state index contributed by atoms with van der Waals surface area (Å²) in [6, 6.07) is 0. The minimum absolute atomic E-state index is 0.0321. The Bertz CT molecular complexity index is 870. The van der Waals surface area contributed by atoms with E-state index < -0.39 is 25.3 Å². The Labute approximate surface area is 294 Å². The van der Waals surface area contributed by atoms with Gasteiger partial charge in [0.1, 0.15) is 6.10 Å². The summed E-state index contributed by atoms with van der Waals surface area (Å²) in [4.78, 5) is 22.6. The van der Waals surface area contributed by atoms with Crippen LogP contribution in [0, 0.1) is 0 Å². The maximum absolute atomic E-state index is 11.3. The number of allylic oxidation sites excluding steroid dienone is 11. The number of ether oxygens (including phenoxy) is 1. The summed E-state index contributed by atoms with van der Waals surface area (Å²) in [7, 11) is 0. The summed E-state index contributed by atoms with van der Waals surface area (Å²) < 4.78 is 4.78. The van der Waals surface area contributed by atoms with Crippen molar-refractivity contribution in [2.24, 2.45) is 0 Å². The molecule has 48 heavy (non-hydrogen) atoms. The molecule has 7 heteroatoms. The Kier molecular flexibility index (Phi) is 41.7. The number of esters is 1. The molecule has 0 aliphatic carbocycles. The van der Waals surface area contributed by atoms with Gasteiger partial charge in [-0.15, -0.1) is 0 Å². The molecule has 0 radical (unpaired) electrons. The number of amides is 1. The number of unbranched alkanes of at least 4 members (excludes halogenated alkanes) is 17. The van der Waals surface area contributed by atoms with Crippen LogP contribution >= 0.6 is 0 Å². The summed E-state index contributed by atoms with van der Waals surface area (Å²) in [5.74, 6) is -0.525. The first-order chi connectivity index (χ1) is 23.5. The van der Waals surface area contributed by atoms with Crippen molar-refractivity contribution in [3.8, 4) is 0 Å². The van der Waals surface area contributed by atoms with Gasteiger partial charge in [-0.3, -0.25) is 4.79 Å². The van der Waals surface area contributed by atoms with Crippen molar-refractivity contribution in [2.75, 3.05) is 26.4 Å². The minimum atomic E-state index is -0.871. The number of carbonyl (C=O) groups excluding carboxylic acids is 2. The summed E-state index contributed by atoms with van der Waals surface area (Å²) in [5, 5.41) is 28.9. The fourth-order valence-electron chi connectivity index (χ4n) is 4.61. The molecule has 0 rings (SSSR count). The molecule has 1 amide bonds.